The molecule has 0 bridgehead atoms. The van der Waals surface area contributed by atoms with Crippen LogP contribution in [-0.4, -0.2) is 0 Å². The number of benzene rings is 2. The van der Waals surface area contributed by atoms with E-state index >= 15 is 0 Å². The van der Waals surface area contributed by atoms with Crippen LogP contribution in [0.1, 0.15) is 45.2 Å². The Bertz CT molecular complexity index is 686. The van der Waals surface area contributed by atoms with Crippen molar-refractivity contribution in [1.29, 1.82) is 5.26 Å². The summed E-state index contributed by atoms with van der Waals surface area (Å²) < 4.78 is 0. The molecule has 0 atom stereocenters. The lowest BCUT2D eigenvalue weighted by atomic mass is 9.90. The van der Waals surface area contributed by atoms with Crippen molar-refractivity contribution >= 4 is 11.1 Å². The van der Waals surface area contributed by atoms with Gasteiger partial charge >= 0.3 is 0 Å². The predicted molar refractivity (Wildman–Crippen MR) is 101 cm³/mol. The molecule has 0 saturated heterocycles. The van der Waals surface area contributed by atoms with E-state index in [-0.39, 0.29) is 0 Å². The minimum Gasteiger partial charge on any atom is -0.192 e. The Morgan fingerprint density at radius 2 is 1.39 bits per heavy atom. The highest BCUT2D eigenvalue weighted by atomic mass is 14.3. The standard InChI is InChI=1S/C20H19N.C2H6/c1-3-10-19(15-21)20(18-13-8-5-9-14-18)16(2)17-11-6-4-7-12-17;1-2/h4-14H,3H2,1-2H3;1-2H3/b19-10-,20-16+;. The smallest absolute Gasteiger partial charge is 0.0994 e. The minimum atomic E-state index is 0.741. The van der Waals surface area contributed by atoms with Gasteiger partial charge in [-0.3, -0.25) is 0 Å². The van der Waals surface area contributed by atoms with Crippen molar-refractivity contribution in [3.63, 3.8) is 0 Å². The van der Waals surface area contributed by atoms with E-state index < -0.39 is 0 Å². The molecule has 2 rings (SSSR count). The maximum Gasteiger partial charge on any atom is 0.0994 e. The normalized spacial score (nSPS) is 11.7. The zero-order chi connectivity index (χ0) is 17.1. The van der Waals surface area contributed by atoms with Crippen molar-refractivity contribution in [1.82, 2.24) is 0 Å². The summed E-state index contributed by atoms with van der Waals surface area (Å²) in [6, 6.07) is 22.7. The van der Waals surface area contributed by atoms with Crippen molar-refractivity contribution in [2.45, 2.75) is 34.1 Å². The Kier molecular flexibility index (Phi) is 8.18. The zero-order valence-electron chi connectivity index (χ0n) is 14.5. The van der Waals surface area contributed by atoms with Crippen LogP contribution in [0.3, 0.4) is 0 Å². The van der Waals surface area contributed by atoms with Crippen molar-refractivity contribution < 1.29 is 0 Å². The van der Waals surface area contributed by atoms with Crippen LogP contribution < -0.4 is 0 Å². The van der Waals surface area contributed by atoms with E-state index in [4.69, 9.17) is 0 Å². The van der Waals surface area contributed by atoms with Crippen molar-refractivity contribution in [3.05, 3.63) is 83.4 Å². The fourth-order valence-corrected chi connectivity index (χ4v) is 2.42. The van der Waals surface area contributed by atoms with Gasteiger partial charge in [0.05, 0.1) is 11.6 Å². The quantitative estimate of drug-likeness (QED) is 0.359. The van der Waals surface area contributed by atoms with Gasteiger partial charge in [0.2, 0.25) is 0 Å². The molecule has 0 aromatic heterocycles. The molecule has 0 amide bonds. The van der Waals surface area contributed by atoms with Gasteiger partial charge < -0.3 is 0 Å². The Labute approximate surface area is 140 Å². The third-order valence-electron chi connectivity index (χ3n) is 3.44. The van der Waals surface area contributed by atoms with E-state index in [2.05, 4.69) is 44.2 Å². The molecule has 0 saturated carbocycles. The van der Waals surface area contributed by atoms with Gasteiger partial charge in [-0.1, -0.05) is 87.5 Å². The van der Waals surface area contributed by atoms with Gasteiger partial charge in [-0.2, -0.15) is 5.26 Å². The number of rotatable bonds is 4. The molecule has 1 heteroatoms. The number of nitrogens with zero attached hydrogens (tertiary/aromatic N) is 1. The molecule has 0 N–H and O–H groups in total. The molecule has 0 radical (unpaired) electrons. The van der Waals surface area contributed by atoms with Crippen LogP contribution in [0.15, 0.2) is 72.3 Å². The summed E-state index contributed by atoms with van der Waals surface area (Å²) in [7, 11) is 0. The van der Waals surface area contributed by atoms with Crippen molar-refractivity contribution in [2.75, 3.05) is 0 Å². The summed E-state index contributed by atoms with van der Waals surface area (Å²) in [5, 5.41) is 9.53. The molecule has 118 valence electrons. The lowest BCUT2D eigenvalue weighted by molar-refractivity contribution is 1.21. The van der Waals surface area contributed by atoms with Gasteiger partial charge in [0.25, 0.3) is 0 Å². The van der Waals surface area contributed by atoms with Gasteiger partial charge in [0, 0.05) is 5.57 Å². The molecule has 0 fully saturated rings. The molecular formula is C22H25N. The van der Waals surface area contributed by atoms with Gasteiger partial charge in [-0.15, -0.1) is 0 Å². The fraction of sp³-hybridized carbons (Fsp3) is 0.227. The lowest BCUT2D eigenvalue weighted by Crippen LogP contribution is -1.93. The van der Waals surface area contributed by atoms with Gasteiger partial charge in [0.15, 0.2) is 0 Å². The van der Waals surface area contributed by atoms with Crippen LogP contribution in [0.4, 0.5) is 0 Å². The third kappa shape index (κ3) is 4.97. The average molecular weight is 303 g/mol. The van der Waals surface area contributed by atoms with Crippen LogP contribution in [0, 0.1) is 11.3 Å². The molecule has 1 nitrogen and oxygen atoms in total. The molecule has 0 unspecified atom stereocenters. The summed E-state index contributed by atoms with van der Waals surface area (Å²) in [4.78, 5) is 0. The first-order chi connectivity index (χ1) is 11.3. The van der Waals surface area contributed by atoms with Crippen LogP contribution in [0.5, 0.6) is 0 Å². The number of hydrogen-bond acceptors (Lipinski definition) is 1. The first-order valence-corrected chi connectivity index (χ1v) is 8.20. The van der Waals surface area contributed by atoms with Crippen molar-refractivity contribution in [2.24, 2.45) is 0 Å². The van der Waals surface area contributed by atoms with Crippen LogP contribution in [0.25, 0.3) is 11.1 Å². The molecule has 2 aromatic carbocycles. The van der Waals surface area contributed by atoms with Crippen LogP contribution >= 0.6 is 0 Å². The van der Waals surface area contributed by atoms with Gasteiger partial charge in [-0.05, 0) is 30.0 Å². The van der Waals surface area contributed by atoms with Crippen molar-refractivity contribution in [3.8, 4) is 6.07 Å². The van der Waals surface area contributed by atoms with E-state index in [1.807, 2.05) is 56.3 Å². The molecule has 0 aliphatic rings. The first-order valence-electron chi connectivity index (χ1n) is 8.20. The summed E-state index contributed by atoms with van der Waals surface area (Å²) >= 11 is 0. The molecule has 0 heterocycles. The van der Waals surface area contributed by atoms with E-state index in [1.165, 1.54) is 0 Å². The SMILES string of the molecule is CC.CC/C=C(C#N)\C(=C(/C)c1ccccc1)c1ccccc1. The number of hydrogen-bond donors (Lipinski definition) is 0. The number of nitriles is 1. The zero-order valence-corrected chi connectivity index (χ0v) is 14.5. The molecule has 0 aliphatic carbocycles. The molecule has 0 aliphatic heterocycles. The second-order valence-electron chi connectivity index (χ2n) is 4.87. The number of allylic oxidation sites excluding steroid dienone is 4. The van der Waals surface area contributed by atoms with Gasteiger partial charge in [-0.25, -0.2) is 0 Å². The highest BCUT2D eigenvalue weighted by Crippen LogP contribution is 2.31. The minimum absolute atomic E-state index is 0.741. The Balaban J connectivity index is 0.00000127. The topological polar surface area (TPSA) is 23.8 Å². The first kappa shape index (κ1) is 18.5. The summed E-state index contributed by atoms with van der Waals surface area (Å²) in [5.41, 5.74) is 5.12. The van der Waals surface area contributed by atoms with Gasteiger partial charge in [0.1, 0.15) is 0 Å². The van der Waals surface area contributed by atoms with E-state index in [1.54, 1.807) is 0 Å². The van der Waals surface area contributed by atoms with Crippen LogP contribution in [0.2, 0.25) is 0 Å². The molecule has 23 heavy (non-hydrogen) atoms. The average Bonchev–Trinajstić information content (AvgIpc) is 2.64. The Morgan fingerprint density at radius 3 is 1.83 bits per heavy atom. The van der Waals surface area contributed by atoms with Crippen LogP contribution in [-0.2, 0) is 0 Å². The highest BCUT2D eigenvalue weighted by molar-refractivity contribution is 5.99. The Morgan fingerprint density at radius 1 is 0.913 bits per heavy atom. The fourth-order valence-electron chi connectivity index (χ4n) is 2.42. The summed E-state index contributed by atoms with van der Waals surface area (Å²) in [6.07, 6.45) is 2.84. The molecule has 0 spiro atoms. The summed E-state index contributed by atoms with van der Waals surface area (Å²) in [5.74, 6) is 0. The van der Waals surface area contributed by atoms with E-state index in [0.717, 1.165) is 34.3 Å². The summed E-state index contributed by atoms with van der Waals surface area (Å²) in [6.45, 7) is 8.14. The second kappa shape index (κ2) is 10.2. The monoisotopic (exact) mass is 303 g/mol. The second-order valence-corrected chi connectivity index (χ2v) is 4.87. The lowest BCUT2D eigenvalue weighted by Gasteiger charge is -2.13. The molecular weight excluding hydrogens is 278 g/mol. The van der Waals surface area contributed by atoms with E-state index in [9.17, 15) is 5.26 Å². The maximum atomic E-state index is 9.53. The Hall–Kier alpha value is -2.59. The molecule has 2 aromatic rings. The predicted octanol–water partition coefficient (Wildman–Crippen LogP) is 6.50. The van der Waals surface area contributed by atoms with E-state index in [0.29, 0.717) is 0 Å². The third-order valence-corrected chi connectivity index (χ3v) is 3.44. The largest absolute Gasteiger partial charge is 0.192 e. The maximum absolute atomic E-state index is 9.53. The highest BCUT2D eigenvalue weighted by Gasteiger charge is 2.12.